The number of thiol groups is 2. The van der Waals surface area contributed by atoms with E-state index in [0.29, 0.717) is 17.9 Å². The summed E-state index contributed by atoms with van der Waals surface area (Å²) < 4.78 is 4.30. The van der Waals surface area contributed by atoms with Crippen LogP contribution in [0, 0.1) is 5.92 Å². The van der Waals surface area contributed by atoms with Gasteiger partial charge in [0.05, 0.1) is 19.4 Å². The lowest BCUT2D eigenvalue weighted by Gasteiger charge is -1.95. The third-order valence-corrected chi connectivity index (χ3v) is 2.01. The summed E-state index contributed by atoms with van der Waals surface area (Å²) in [5.74, 6) is -0.324. The molecule has 0 fully saturated rings. The summed E-state index contributed by atoms with van der Waals surface area (Å²) >= 11 is 7.59. The van der Waals surface area contributed by atoms with E-state index in [4.69, 9.17) is 5.11 Å². The molecule has 4 nitrogen and oxygen atoms in total. The Bertz CT molecular complexity index is 171. The maximum absolute atomic E-state index is 10.1. The van der Waals surface area contributed by atoms with Gasteiger partial charge in [-0.1, -0.05) is 6.92 Å². The third kappa shape index (κ3) is 11.6. The molecule has 0 bridgehead atoms. The quantitative estimate of drug-likeness (QED) is 0.509. The van der Waals surface area contributed by atoms with Crippen molar-refractivity contribution in [2.75, 3.05) is 18.6 Å². The molecule has 0 rings (SSSR count). The van der Waals surface area contributed by atoms with Gasteiger partial charge in [0.25, 0.3) is 0 Å². The van der Waals surface area contributed by atoms with Gasteiger partial charge in [-0.05, 0) is 0 Å². The molecule has 0 saturated carbocycles. The SMILES string of the molecule is CC(CS)C(=O)O.COC(=O)CCS. The van der Waals surface area contributed by atoms with E-state index < -0.39 is 5.97 Å². The Morgan fingerprint density at radius 3 is 2.00 bits per heavy atom. The molecule has 0 aliphatic heterocycles. The second-order valence-electron chi connectivity index (χ2n) is 2.47. The molecule has 0 spiro atoms. The third-order valence-electron chi connectivity index (χ3n) is 1.24. The lowest BCUT2D eigenvalue weighted by atomic mass is 10.2. The van der Waals surface area contributed by atoms with Gasteiger partial charge < -0.3 is 9.84 Å². The molecule has 0 aromatic rings. The highest BCUT2D eigenvalue weighted by Crippen LogP contribution is 1.94. The topological polar surface area (TPSA) is 63.6 Å². The van der Waals surface area contributed by atoms with Crippen LogP contribution >= 0.6 is 25.3 Å². The first-order chi connectivity index (χ1) is 6.49. The second kappa shape index (κ2) is 10.7. The van der Waals surface area contributed by atoms with E-state index in [1.165, 1.54) is 7.11 Å². The highest BCUT2D eigenvalue weighted by molar-refractivity contribution is 7.80. The van der Waals surface area contributed by atoms with Crippen molar-refractivity contribution in [3.63, 3.8) is 0 Å². The molecule has 0 aliphatic rings. The van der Waals surface area contributed by atoms with Crippen molar-refractivity contribution in [3.05, 3.63) is 0 Å². The number of aliphatic carboxylic acids is 1. The zero-order chi connectivity index (χ0) is 11.6. The van der Waals surface area contributed by atoms with Crippen LogP contribution in [-0.4, -0.2) is 35.7 Å². The summed E-state index contributed by atoms with van der Waals surface area (Å²) in [4.78, 5) is 20.0. The highest BCUT2D eigenvalue weighted by Gasteiger charge is 2.05. The molecule has 1 N–H and O–H groups in total. The van der Waals surface area contributed by atoms with Crippen molar-refractivity contribution in [1.29, 1.82) is 0 Å². The first kappa shape index (κ1) is 16.1. The van der Waals surface area contributed by atoms with Crippen molar-refractivity contribution in [3.8, 4) is 0 Å². The minimum Gasteiger partial charge on any atom is -0.481 e. The molecule has 0 saturated heterocycles. The van der Waals surface area contributed by atoms with Gasteiger partial charge in [-0.2, -0.15) is 25.3 Å². The molecule has 0 heterocycles. The number of methoxy groups -OCH3 is 1. The zero-order valence-electron chi connectivity index (χ0n) is 8.27. The molecule has 0 radical (unpaired) electrons. The van der Waals surface area contributed by atoms with Gasteiger partial charge in [-0.3, -0.25) is 9.59 Å². The predicted molar refractivity (Wildman–Crippen MR) is 61.1 cm³/mol. The van der Waals surface area contributed by atoms with Gasteiger partial charge in [-0.25, -0.2) is 0 Å². The van der Waals surface area contributed by atoms with E-state index in [9.17, 15) is 9.59 Å². The van der Waals surface area contributed by atoms with Crippen molar-refractivity contribution in [2.45, 2.75) is 13.3 Å². The summed E-state index contributed by atoms with van der Waals surface area (Å²) in [6.07, 6.45) is 0.402. The monoisotopic (exact) mass is 240 g/mol. The van der Waals surface area contributed by atoms with E-state index in [2.05, 4.69) is 30.0 Å². The van der Waals surface area contributed by atoms with Crippen LogP contribution in [0.4, 0.5) is 0 Å². The van der Waals surface area contributed by atoms with Crippen molar-refractivity contribution in [2.24, 2.45) is 5.92 Å². The van der Waals surface area contributed by atoms with Gasteiger partial charge in [0.1, 0.15) is 0 Å². The molecule has 1 unspecified atom stereocenters. The first-order valence-electron chi connectivity index (χ1n) is 4.00. The van der Waals surface area contributed by atoms with Gasteiger partial charge in [-0.15, -0.1) is 0 Å². The van der Waals surface area contributed by atoms with Gasteiger partial charge in [0.15, 0.2) is 0 Å². The Balaban J connectivity index is 0. The fourth-order valence-electron chi connectivity index (χ4n) is 0.271. The van der Waals surface area contributed by atoms with Crippen LogP contribution in [0.15, 0.2) is 0 Å². The van der Waals surface area contributed by atoms with E-state index in [0.717, 1.165) is 0 Å². The van der Waals surface area contributed by atoms with Crippen molar-refractivity contribution >= 4 is 37.2 Å². The molecule has 0 aromatic carbocycles. The van der Waals surface area contributed by atoms with E-state index in [1.807, 2.05) is 0 Å². The molecular weight excluding hydrogens is 224 g/mol. The summed E-state index contributed by atoms with van der Waals surface area (Å²) in [5.41, 5.74) is 0. The fraction of sp³-hybridized carbons (Fsp3) is 0.750. The van der Waals surface area contributed by atoms with Gasteiger partial charge >= 0.3 is 11.9 Å². The molecule has 0 aromatic heterocycles. The smallest absolute Gasteiger partial charge is 0.307 e. The van der Waals surface area contributed by atoms with Crippen LogP contribution in [0.25, 0.3) is 0 Å². The van der Waals surface area contributed by atoms with Gasteiger partial charge in [0, 0.05) is 11.5 Å². The standard InChI is InChI=1S/2C4H8O2S/c1-6-4(5)2-3-7;1-3(2-7)4(5)6/h7H,2-3H2,1H3;3,7H,2H2,1H3,(H,5,6). The molecule has 6 heteroatoms. The minimum absolute atomic E-state index is 0.199. The number of hydrogen-bond acceptors (Lipinski definition) is 5. The minimum atomic E-state index is -0.782. The average molecular weight is 240 g/mol. The van der Waals surface area contributed by atoms with Gasteiger partial charge in [0.2, 0.25) is 0 Å². The first-order valence-corrected chi connectivity index (χ1v) is 5.27. The lowest BCUT2D eigenvalue weighted by molar-refractivity contribution is -0.141. The van der Waals surface area contributed by atoms with E-state index in [1.54, 1.807) is 6.92 Å². The summed E-state index contributed by atoms with van der Waals surface area (Å²) in [7, 11) is 1.37. The van der Waals surface area contributed by atoms with Crippen LogP contribution < -0.4 is 0 Å². The van der Waals surface area contributed by atoms with Crippen LogP contribution in [0.3, 0.4) is 0 Å². The van der Waals surface area contributed by atoms with E-state index >= 15 is 0 Å². The number of rotatable bonds is 4. The number of carbonyl (C=O) groups excluding carboxylic acids is 1. The number of carboxylic acid groups (broad SMARTS) is 1. The Morgan fingerprint density at radius 1 is 1.43 bits per heavy atom. The Kier molecular flexibility index (Phi) is 12.3. The molecular formula is C8H16O4S2. The summed E-state index contributed by atoms with van der Waals surface area (Å²) in [6.45, 7) is 1.62. The number of carbonyl (C=O) groups is 2. The maximum Gasteiger partial charge on any atom is 0.307 e. The highest BCUT2D eigenvalue weighted by atomic mass is 32.1. The number of esters is 1. The van der Waals surface area contributed by atoms with Crippen LogP contribution in [0.5, 0.6) is 0 Å². The number of carboxylic acids is 1. The lowest BCUT2D eigenvalue weighted by Crippen LogP contribution is -2.09. The summed E-state index contributed by atoms with van der Waals surface area (Å²) in [5, 5.41) is 8.13. The molecule has 84 valence electrons. The van der Waals surface area contributed by atoms with Crippen molar-refractivity contribution < 1.29 is 19.4 Å². The largest absolute Gasteiger partial charge is 0.481 e. The second-order valence-corrected chi connectivity index (χ2v) is 3.28. The Hall–Kier alpha value is -0.360. The van der Waals surface area contributed by atoms with Crippen LogP contribution in [0.1, 0.15) is 13.3 Å². The predicted octanol–water partition coefficient (Wildman–Crippen LogP) is 1.12. The zero-order valence-corrected chi connectivity index (χ0v) is 10.1. The number of ether oxygens (including phenoxy) is 1. The number of hydrogen-bond donors (Lipinski definition) is 3. The van der Waals surface area contributed by atoms with Crippen LogP contribution in [0.2, 0.25) is 0 Å². The maximum atomic E-state index is 10.1. The Morgan fingerprint density at radius 2 is 1.93 bits per heavy atom. The summed E-state index contributed by atoms with van der Waals surface area (Å²) in [6, 6.07) is 0. The van der Waals surface area contributed by atoms with Crippen molar-refractivity contribution in [1.82, 2.24) is 0 Å². The molecule has 14 heavy (non-hydrogen) atoms. The molecule has 1 atom stereocenters. The molecule has 0 aliphatic carbocycles. The fourth-order valence-corrected chi connectivity index (χ4v) is 0.610. The Labute approximate surface area is 94.8 Å². The molecule has 0 amide bonds. The van der Waals surface area contributed by atoms with Crippen LogP contribution in [-0.2, 0) is 14.3 Å². The normalized spacial score (nSPS) is 10.9. The average Bonchev–Trinajstić information content (AvgIpc) is 2.17. The van der Waals surface area contributed by atoms with E-state index in [-0.39, 0.29) is 11.9 Å².